The van der Waals surface area contributed by atoms with Crippen LogP contribution >= 0.6 is 31.1 Å². The predicted molar refractivity (Wildman–Crippen MR) is 278 cm³/mol. The van der Waals surface area contributed by atoms with Crippen LogP contribution in [0.25, 0.3) is 33.5 Å². The Morgan fingerprint density at radius 1 is 0.706 bits per heavy atom. The molecule has 0 bridgehead atoms. The standard InChI is InChI=1S/C41H51N15O25P4/c1-53-16-56(33-24(53)35(61)52-40(44)50-33)36-25(57)18(9-73-41(62)72-8-17-6-4-3-5-7-17)19(77-36)10-75-83(65,66)80-85(69,70)81-84(67,68)76-12-21-29(28(71-2)38(79-21)54-14-47-22-30(42)45-13-46-31(22)54)82(63,64)74-11-20-26(58)27(59)37(78-20)55-15-48-23-32(55)49-39(43)51-34(23)60/h3-7,13-16,18-21,25-29,36-38,57-59H,8-12H2,1-2H3,(H11-,42,43,44,45,46,49,50,51,52,60,61,63,64,65,66,67,68,69,70)/p+1/t18-,19-,20-,21-,25-,26-,27-,28-,29-,36-,37-,38-/m1/s1. The number of nitrogens with two attached hydrogens (primary N) is 3. The number of nitrogens with zero attached hydrogens (tertiary/aromatic N) is 10. The highest BCUT2D eigenvalue weighted by atomic mass is 31.3. The van der Waals surface area contributed by atoms with Gasteiger partial charge in [0.05, 0.1) is 51.5 Å². The van der Waals surface area contributed by atoms with Crippen molar-refractivity contribution in [3.05, 3.63) is 81.9 Å². The second kappa shape index (κ2) is 23.9. The topological polar surface area (TPSA) is 568 Å². The molecule has 6 aromatic heterocycles. The van der Waals surface area contributed by atoms with E-state index >= 15 is 0 Å². The first-order valence-electron chi connectivity index (χ1n) is 24.6. The molecule has 0 spiro atoms. The fourth-order valence-corrected chi connectivity index (χ4v) is 15.0. The number of carbonyl (C=O) groups is 1. The number of nitrogen functional groups attached to an aromatic ring is 3. The number of hydrogen-bond acceptors (Lipinski definition) is 30. The molecule has 0 radical (unpaired) electrons. The molecule has 9 heterocycles. The Morgan fingerprint density at radius 3 is 2.02 bits per heavy atom. The average Bonchev–Trinajstić information content (AvgIpc) is 4.51. The van der Waals surface area contributed by atoms with E-state index in [9.17, 15) is 67.5 Å². The predicted octanol–water partition coefficient (Wildman–Crippen LogP) is -2.03. The molecule has 3 saturated heterocycles. The van der Waals surface area contributed by atoms with E-state index in [4.69, 9.17) is 59.2 Å². The van der Waals surface area contributed by atoms with E-state index in [1.807, 2.05) is 0 Å². The maximum atomic E-state index is 14.5. The van der Waals surface area contributed by atoms with Crippen molar-refractivity contribution in [2.75, 3.05) is 50.7 Å². The number of aromatic amines is 2. The van der Waals surface area contributed by atoms with Gasteiger partial charge in [-0.3, -0.25) is 46.9 Å². The molecular formula is C41H52N15O25P4+. The second-order valence-corrected chi connectivity index (χ2v) is 25.6. The average molecular weight is 1280 g/mol. The second-order valence-electron chi connectivity index (χ2n) is 19.0. The zero-order chi connectivity index (χ0) is 61.1. The molecule has 0 amide bonds. The Morgan fingerprint density at radius 2 is 1.33 bits per heavy atom. The first-order valence-corrected chi connectivity index (χ1v) is 30.7. The number of hydrogen-bond donors (Lipinski definition) is 12. The van der Waals surface area contributed by atoms with Crippen LogP contribution in [0.3, 0.4) is 0 Å². The molecule has 44 heteroatoms. The van der Waals surface area contributed by atoms with Crippen LogP contribution < -0.4 is 32.9 Å². The molecule has 85 heavy (non-hydrogen) atoms. The molecule has 10 rings (SSSR count). The van der Waals surface area contributed by atoms with Crippen molar-refractivity contribution < 1.29 is 113 Å². The molecule has 1 aromatic carbocycles. The number of imidazole rings is 3. The summed E-state index contributed by atoms with van der Waals surface area (Å²) < 4.78 is 117. The third kappa shape index (κ3) is 12.8. The minimum Gasteiger partial charge on any atom is -0.434 e. The molecule has 3 aliphatic heterocycles. The minimum atomic E-state index is -6.30. The van der Waals surface area contributed by atoms with Crippen molar-refractivity contribution in [3.63, 3.8) is 0 Å². The van der Waals surface area contributed by atoms with E-state index < -0.39 is 148 Å². The number of aliphatic hydroxyl groups excluding tert-OH is 3. The van der Waals surface area contributed by atoms with Gasteiger partial charge in [0, 0.05) is 7.11 Å². The summed E-state index contributed by atoms with van der Waals surface area (Å²) in [5.41, 5.74) is 14.1. The van der Waals surface area contributed by atoms with Crippen molar-refractivity contribution in [3.8, 4) is 0 Å². The number of benzene rings is 1. The van der Waals surface area contributed by atoms with E-state index in [1.54, 1.807) is 30.3 Å². The minimum absolute atomic E-state index is 0.0190. The van der Waals surface area contributed by atoms with Gasteiger partial charge in [0.1, 0.15) is 67.3 Å². The van der Waals surface area contributed by atoms with E-state index in [2.05, 4.69) is 48.5 Å². The molecule has 15 N–H and O–H groups in total. The third-order valence-corrected chi connectivity index (χ3v) is 19.7. The highest BCUT2D eigenvalue weighted by Crippen LogP contribution is 2.68. The summed E-state index contributed by atoms with van der Waals surface area (Å²) in [6.07, 6.45) is -13.4. The zero-order valence-corrected chi connectivity index (χ0v) is 47.2. The van der Waals surface area contributed by atoms with E-state index in [-0.39, 0.29) is 57.8 Å². The van der Waals surface area contributed by atoms with Crippen molar-refractivity contribution in [1.29, 1.82) is 0 Å². The summed E-state index contributed by atoms with van der Waals surface area (Å²) >= 11 is 0. The lowest BCUT2D eigenvalue weighted by molar-refractivity contribution is -0.745. The molecule has 7 aromatic rings. The Balaban J connectivity index is 0.826. The summed E-state index contributed by atoms with van der Waals surface area (Å²) in [7, 11) is -21.1. The van der Waals surface area contributed by atoms with Gasteiger partial charge in [0.2, 0.25) is 17.7 Å². The zero-order valence-electron chi connectivity index (χ0n) is 43.6. The van der Waals surface area contributed by atoms with Gasteiger partial charge in [-0.15, -0.1) is 0 Å². The number of phosphoric acid groups is 3. The number of rotatable bonds is 22. The van der Waals surface area contributed by atoms with E-state index in [0.717, 1.165) is 30.7 Å². The highest BCUT2D eigenvalue weighted by Gasteiger charge is 2.58. The van der Waals surface area contributed by atoms with Crippen molar-refractivity contribution in [2.24, 2.45) is 13.0 Å². The van der Waals surface area contributed by atoms with Gasteiger partial charge in [0.15, 0.2) is 41.4 Å². The number of aromatic nitrogens is 12. The highest BCUT2D eigenvalue weighted by molar-refractivity contribution is 7.66. The number of anilines is 3. The summed E-state index contributed by atoms with van der Waals surface area (Å²) in [5, 5.41) is 33.7. The van der Waals surface area contributed by atoms with Gasteiger partial charge < -0.3 is 85.0 Å². The molecule has 0 aliphatic carbocycles. The van der Waals surface area contributed by atoms with Crippen LogP contribution in [0.2, 0.25) is 0 Å². The third-order valence-electron chi connectivity index (χ3n) is 13.5. The normalized spacial score (nSPS) is 28.1. The van der Waals surface area contributed by atoms with Crippen molar-refractivity contribution >= 4 is 88.4 Å². The van der Waals surface area contributed by atoms with Crippen LogP contribution in [0.1, 0.15) is 24.2 Å². The lowest BCUT2D eigenvalue weighted by Crippen LogP contribution is -2.45. The number of phosphoric ester groups is 2. The van der Waals surface area contributed by atoms with Gasteiger partial charge in [-0.2, -0.15) is 13.6 Å². The van der Waals surface area contributed by atoms with Crippen molar-refractivity contribution in [2.45, 2.75) is 73.7 Å². The van der Waals surface area contributed by atoms with Crippen molar-refractivity contribution in [1.82, 2.24) is 53.6 Å². The van der Waals surface area contributed by atoms with Gasteiger partial charge in [-0.1, -0.05) is 35.3 Å². The van der Waals surface area contributed by atoms with Crippen LogP contribution in [0.15, 0.2) is 65.2 Å². The fourth-order valence-electron chi connectivity index (χ4n) is 9.71. The summed E-state index contributed by atoms with van der Waals surface area (Å²) in [6.45, 7) is -4.39. The van der Waals surface area contributed by atoms with Gasteiger partial charge >= 0.3 is 42.9 Å². The summed E-state index contributed by atoms with van der Waals surface area (Å²) in [4.78, 5) is 111. The van der Waals surface area contributed by atoms with E-state index in [0.29, 0.717) is 5.56 Å². The lowest BCUT2D eigenvalue weighted by Gasteiger charge is -2.28. The van der Waals surface area contributed by atoms with Gasteiger partial charge in [0.25, 0.3) is 17.1 Å². The molecule has 3 aliphatic rings. The smallest absolute Gasteiger partial charge is 0.434 e. The van der Waals surface area contributed by atoms with Gasteiger partial charge in [-0.25, -0.2) is 43.0 Å². The first-order chi connectivity index (χ1) is 40.1. The number of aryl methyl sites for hydroxylation is 1. The van der Waals surface area contributed by atoms with E-state index in [1.165, 1.54) is 27.1 Å². The number of ether oxygens (including phenoxy) is 6. The quantitative estimate of drug-likeness (QED) is 0.0198. The summed E-state index contributed by atoms with van der Waals surface area (Å²) in [5.74, 6) is -2.15. The molecule has 0 saturated carbocycles. The van der Waals surface area contributed by atoms with Crippen LogP contribution in [-0.2, 0) is 82.5 Å². The molecule has 4 unspecified atom stereocenters. The number of aliphatic hydroxyl groups is 3. The Kier molecular flexibility index (Phi) is 17.3. The van der Waals surface area contributed by atoms with Crippen LogP contribution in [0, 0.1) is 5.92 Å². The maximum Gasteiger partial charge on any atom is 0.508 e. The van der Waals surface area contributed by atoms with Gasteiger partial charge in [-0.05, 0) is 5.56 Å². The Labute approximate surface area is 473 Å². The summed E-state index contributed by atoms with van der Waals surface area (Å²) in [6, 6.07) is 8.44. The maximum absolute atomic E-state index is 14.5. The molecule has 460 valence electrons. The van der Waals surface area contributed by atoms with Crippen LogP contribution in [-0.4, -0.2) is 177 Å². The Hall–Kier alpha value is -6.58. The first kappa shape index (κ1) is 61.5. The molecule has 3 fully saturated rings. The van der Waals surface area contributed by atoms with Crippen LogP contribution in [0.4, 0.5) is 22.5 Å². The number of H-pyrrole nitrogens is 2. The molecular weight excluding hydrogens is 1230 g/mol. The number of carbonyl (C=O) groups excluding carboxylic acids is 1. The fraction of sp³-hybridized carbons (Fsp3) is 0.463. The largest absolute Gasteiger partial charge is 0.508 e. The SMILES string of the molecule is CO[C@@H]1[C@H](P(=O)(O)OC[C@H]2O[C@@H](n3cnc4c(=O)[nH]c(N)nc43)[C@H](O)[C@@H]2O)[C@@H](COP(=O)(O)OP(=O)(O)OP(=O)(O)OC[C@H]2O[C@@H]([n+]3cn(C)c4c(=O)[nH]c(N)nc43)[C@H](O)[C@@H]2COC(=O)OCc2ccccc2)O[C@H]1n1cnc2c(N)ncnc21. The number of fused-ring (bicyclic) bond motifs is 3. The van der Waals surface area contributed by atoms with Crippen LogP contribution in [0.5, 0.6) is 0 Å². The lowest BCUT2D eigenvalue weighted by atomic mass is 9.99. The Bertz CT molecular complexity index is 3960. The number of nitrogens with one attached hydrogen (secondary N) is 2. The molecule has 16 atom stereocenters. The molecule has 40 nitrogen and oxygen atoms in total. The number of methoxy groups -OCH3 is 1. The monoisotopic (exact) mass is 1280 g/mol.